The normalized spacial score (nSPS) is 15.2. The first-order chi connectivity index (χ1) is 15.8. The molecule has 7 heteroatoms. The van der Waals surface area contributed by atoms with Crippen LogP contribution in [0.25, 0.3) is 11.1 Å². The van der Waals surface area contributed by atoms with Crippen molar-refractivity contribution in [2.75, 3.05) is 26.2 Å². The van der Waals surface area contributed by atoms with Gasteiger partial charge in [-0.3, -0.25) is 0 Å². The van der Waals surface area contributed by atoms with E-state index in [0.717, 1.165) is 32.0 Å². The molecular formula is C26H30F2N2O3. The molecule has 5 nitrogen and oxygen atoms in total. The molecule has 176 valence electrons. The highest BCUT2D eigenvalue weighted by Crippen LogP contribution is 2.30. The Morgan fingerprint density at radius 3 is 2.48 bits per heavy atom. The van der Waals surface area contributed by atoms with Crippen molar-refractivity contribution in [1.82, 2.24) is 4.90 Å². The first-order valence-corrected chi connectivity index (χ1v) is 11.4. The molecule has 0 unspecified atom stereocenters. The van der Waals surface area contributed by atoms with Crippen molar-refractivity contribution in [3.8, 4) is 22.9 Å². The fraction of sp³-hybridized carbons (Fsp3) is 0.462. The zero-order valence-electron chi connectivity index (χ0n) is 19.1. The molecule has 1 aliphatic heterocycles. The summed E-state index contributed by atoms with van der Waals surface area (Å²) in [5, 5.41) is 18.6. The second kappa shape index (κ2) is 10.8. The highest BCUT2D eigenvalue weighted by Gasteiger charge is 2.30. The number of nitrogens with zero attached hydrogens (tertiary/aromatic N) is 2. The first kappa shape index (κ1) is 24.7. The predicted octanol–water partition coefficient (Wildman–Crippen LogP) is 5.68. The van der Waals surface area contributed by atoms with Crippen LogP contribution in [-0.4, -0.2) is 47.9 Å². The Labute approximate surface area is 193 Å². The number of carboxylic acids is 1. The molecule has 0 radical (unpaired) electrons. The predicted molar refractivity (Wildman–Crippen MR) is 123 cm³/mol. The minimum Gasteiger partial charge on any atom is -0.492 e. The number of hydrogen-bond acceptors (Lipinski definition) is 4. The van der Waals surface area contributed by atoms with E-state index in [1.54, 1.807) is 18.2 Å². The molecule has 2 aromatic carbocycles. The number of hydrogen-bond donors (Lipinski definition) is 1. The zero-order chi connectivity index (χ0) is 24.0. The smallest absolute Gasteiger partial charge is 0.335 e. The lowest BCUT2D eigenvalue weighted by molar-refractivity contribution is 0.0568. The van der Waals surface area contributed by atoms with Gasteiger partial charge in [0.15, 0.2) is 0 Å². The Balaban J connectivity index is 1.61. The summed E-state index contributed by atoms with van der Waals surface area (Å²) in [5.74, 6) is -1.10. The Morgan fingerprint density at radius 1 is 1.21 bits per heavy atom. The van der Waals surface area contributed by atoms with Gasteiger partial charge in [-0.05, 0) is 74.5 Å². The molecule has 1 fully saturated rings. The van der Waals surface area contributed by atoms with Gasteiger partial charge in [-0.1, -0.05) is 26.0 Å². The number of aromatic carboxylic acids is 1. The number of alkyl halides is 1. The van der Waals surface area contributed by atoms with E-state index in [0.29, 0.717) is 48.8 Å². The van der Waals surface area contributed by atoms with Crippen LogP contribution in [0.3, 0.4) is 0 Å². The van der Waals surface area contributed by atoms with E-state index in [1.165, 1.54) is 12.1 Å². The summed E-state index contributed by atoms with van der Waals surface area (Å²) in [4.78, 5) is 13.2. The molecule has 0 atom stereocenters. The highest BCUT2D eigenvalue weighted by molar-refractivity contribution is 5.88. The minimum atomic E-state index is -1.20. The van der Waals surface area contributed by atoms with Crippen LogP contribution in [0.15, 0.2) is 36.4 Å². The van der Waals surface area contributed by atoms with Crippen LogP contribution in [0.1, 0.15) is 55.5 Å². The third-order valence-electron chi connectivity index (χ3n) is 6.58. The van der Waals surface area contributed by atoms with Crippen molar-refractivity contribution in [3.63, 3.8) is 0 Å². The first-order valence-electron chi connectivity index (χ1n) is 11.4. The molecule has 0 amide bonds. The fourth-order valence-corrected chi connectivity index (χ4v) is 4.19. The van der Waals surface area contributed by atoms with E-state index in [2.05, 4.69) is 11.0 Å². The lowest BCUT2D eigenvalue weighted by Gasteiger charge is -2.36. The average molecular weight is 457 g/mol. The van der Waals surface area contributed by atoms with Gasteiger partial charge in [0.25, 0.3) is 0 Å². The van der Waals surface area contributed by atoms with Gasteiger partial charge in [-0.15, -0.1) is 0 Å². The number of piperidine rings is 1. The molecule has 1 heterocycles. The summed E-state index contributed by atoms with van der Waals surface area (Å²) in [5.41, 5.74) is -0.272. The summed E-state index contributed by atoms with van der Waals surface area (Å²) >= 11 is 0. The van der Waals surface area contributed by atoms with Gasteiger partial charge in [-0.25, -0.2) is 13.6 Å². The standard InChI is InChI=1S/C26H30F2N2O3/c1-3-26(28,4-2)17-30-11-9-18(10-12-30)16-33-24-8-6-19(13-21(24)15-29)22-7-5-20(25(31)32)14-23(22)27/h5-8,13-14,18H,3-4,9-12,16-17H2,1-2H3,(H,31,32). The van der Waals surface area contributed by atoms with Gasteiger partial charge >= 0.3 is 5.97 Å². The number of ether oxygens (including phenoxy) is 1. The summed E-state index contributed by atoms with van der Waals surface area (Å²) in [6.45, 7) is 6.37. The summed E-state index contributed by atoms with van der Waals surface area (Å²) in [6.07, 6.45) is 2.86. The third-order valence-corrected chi connectivity index (χ3v) is 6.58. The molecule has 0 spiro atoms. The molecule has 3 rings (SSSR count). The van der Waals surface area contributed by atoms with Gasteiger partial charge in [0.05, 0.1) is 17.7 Å². The van der Waals surface area contributed by atoms with E-state index in [4.69, 9.17) is 9.84 Å². The van der Waals surface area contributed by atoms with Crippen LogP contribution in [0, 0.1) is 23.1 Å². The molecule has 2 aromatic rings. The second-order valence-corrected chi connectivity index (χ2v) is 8.71. The van der Waals surface area contributed by atoms with Crippen molar-refractivity contribution in [1.29, 1.82) is 5.26 Å². The topological polar surface area (TPSA) is 73.6 Å². The SMILES string of the molecule is CCC(F)(CC)CN1CCC(COc2ccc(-c3ccc(C(=O)O)cc3F)cc2C#N)CC1. The van der Waals surface area contributed by atoms with Crippen LogP contribution in [-0.2, 0) is 0 Å². The minimum absolute atomic E-state index is 0.135. The molecule has 33 heavy (non-hydrogen) atoms. The number of carbonyl (C=O) groups is 1. The maximum Gasteiger partial charge on any atom is 0.335 e. The monoisotopic (exact) mass is 456 g/mol. The van der Waals surface area contributed by atoms with E-state index in [9.17, 15) is 18.8 Å². The van der Waals surface area contributed by atoms with Crippen LogP contribution < -0.4 is 4.74 Å². The highest BCUT2D eigenvalue weighted by atomic mass is 19.1. The van der Waals surface area contributed by atoms with Crippen molar-refractivity contribution in [2.24, 2.45) is 5.92 Å². The van der Waals surface area contributed by atoms with Crippen LogP contribution >= 0.6 is 0 Å². The average Bonchev–Trinajstić information content (AvgIpc) is 2.83. The Hall–Kier alpha value is -2.98. The Morgan fingerprint density at radius 2 is 1.91 bits per heavy atom. The molecule has 1 N–H and O–H groups in total. The molecule has 1 aliphatic rings. The molecule has 0 aliphatic carbocycles. The lowest BCUT2D eigenvalue weighted by Crippen LogP contribution is -2.44. The van der Waals surface area contributed by atoms with E-state index < -0.39 is 17.5 Å². The van der Waals surface area contributed by atoms with Crippen LogP contribution in [0.5, 0.6) is 5.75 Å². The van der Waals surface area contributed by atoms with Crippen molar-refractivity contribution in [2.45, 2.75) is 45.2 Å². The van der Waals surface area contributed by atoms with Gasteiger partial charge in [0.2, 0.25) is 0 Å². The summed E-state index contributed by atoms with van der Waals surface area (Å²) in [6, 6.07) is 10.6. The van der Waals surface area contributed by atoms with Gasteiger partial charge in [-0.2, -0.15) is 5.26 Å². The number of halogens is 2. The van der Waals surface area contributed by atoms with Crippen LogP contribution in [0.2, 0.25) is 0 Å². The van der Waals surface area contributed by atoms with Gasteiger partial charge in [0, 0.05) is 12.1 Å². The van der Waals surface area contributed by atoms with Gasteiger partial charge in [0.1, 0.15) is 23.3 Å². The van der Waals surface area contributed by atoms with E-state index in [-0.39, 0.29) is 11.1 Å². The molecule has 0 bridgehead atoms. The fourth-order valence-electron chi connectivity index (χ4n) is 4.19. The molecular weight excluding hydrogens is 426 g/mol. The Bertz CT molecular complexity index is 1020. The molecule has 0 saturated carbocycles. The lowest BCUT2D eigenvalue weighted by atomic mass is 9.94. The number of rotatable bonds is 9. The second-order valence-electron chi connectivity index (χ2n) is 8.71. The summed E-state index contributed by atoms with van der Waals surface area (Å²) in [7, 11) is 0. The third kappa shape index (κ3) is 6.08. The van der Waals surface area contributed by atoms with Gasteiger partial charge < -0.3 is 14.7 Å². The quantitative estimate of drug-likeness (QED) is 0.525. The number of carboxylic acid groups (broad SMARTS) is 1. The zero-order valence-corrected chi connectivity index (χ0v) is 19.1. The number of likely N-dealkylation sites (tertiary alicyclic amines) is 1. The van der Waals surface area contributed by atoms with Crippen molar-refractivity contribution in [3.05, 3.63) is 53.3 Å². The molecule has 0 aromatic heterocycles. The maximum absolute atomic E-state index is 14.7. The summed E-state index contributed by atoms with van der Waals surface area (Å²) < 4.78 is 35.0. The number of nitriles is 1. The van der Waals surface area contributed by atoms with Crippen molar-refractivity contribution >= 4 is 5.97 Å². The van der Waals surface area contributed by atoms with Crippen LogP contribution in [0.4, 0.5) is 8.78 Å². The Kier molecular flexibility index (Phi) is 8.04. The van der Waals surface area contributed by atoms with Crippen molar-refractivity contribution < 1.29 is 23.4 Å². The largest absolute Gasteiger partial charge is 0.492 e. The molecule has 1 saturated heterocycles. The number of benzene rings is 2. The van der Waals surface area contributed by atoms with E-state index >= 15 is 0 Å². The van der Waals surface area contributed by atoms with E-state index in [1.807, 2.05) is 13.8 Å². The maximum atomic E-state index is 14.7.